The van der Waals surface area contributed by atoms with E-state index in [1.54, 1.807) is 6.33 Å². The molecule has 17 heavy (non-hydrogen) atoms. The first kappa shape index (κ1) is 11.8. The van der Waals surface area contributed by atoms with Crippen LogP contribution in [-0.2, 0) is 6.54 Å². The lowest BCUT2D eigenvalue weighted by molar-refractivity contribution is 0.282. The lowest BCUT2D eigenvalue weighted by Crippen LogP contribution is -1.99. The fourth-order valence-electron chi connectivity index (χ4n) is 1.81. The van der Waals surface area contributed by atoms with Gasteiger partial charge in [0.25, 0.3) is 0 Å². The van der Waals surface area contributed by atoms with Gasteiger partial charge in [0.05, 0.1) is 6.33 Å². The summed E-state index contributed by atoms with van der Waals surface area (Å²) in [7, 11) is 0. The van der Waals surface area contributed by atoms with Gasteiger partial charge >= 0.3 is 0 Å². The number of fused-ring (bicyclic) bond motifs is 1. The van der Waals surface area contributed by atoms with Gasteiger partial charge in [-0.25, -0.2) is 15.0 Å². The minimum Gasteiger partial charge on any atom is -0.396 e. The summed E-state index contributed by atoms with van der Waals surface area (Å²) in [5.74, 6) is 0.425. The fourth-order valence-corrected chi connectivity index (χ4v) is 1.81. The molecule has 2 rings (SSSR count). The van der Waals surface area contributed by atoms with Gasteiger partial charge in [-0.3, -0.25) is 0 Å². The number of unbranched alkanes of at least 4 members (excludes halogenated alkanes) is 3. The van der Waals surface area contributed by atoms with Gasteiger partial charge in [-0.05, 0) is 12.8 Å². The van der Waals surface area contributed by atoms with E-state index in [0.717, 1.165) is 37.9 Å². The van der Waals surface area contributed by atoms with Crippen molar-refractivity contribution in [2.75, 3.05) is 12.3 Å². The first-order valence-electron chi connectivity index (χ1n) is 5.85. The van der Waals surface area contributed by atoms with Gasteiger partial charge in [0.2, 0.25) is 0 Å². The third kappa shape index (κ3) is 2.71. The lowest BCUT2D eigenvalue weighted by Gasteiger charge is -2.03. The summed E-state index contributed by atoms with van der Waals surface area (Å²) in [6, 6.07) is 0. The number of aliphatic hydroxyl groups excluding tert-OH is 1. The van der Waals surface area contributed by atoms with E-state index >= 15 is 0 Å². The maximum atomic E-state index is 8.68. The summed E-state index contributed by atoms with van der Waals surface area (Å²) in [5, 5.41) is 8.68. The van der Waals surface area contributed by atoms with Crippen LogP contribution < -0.4 is 5.73 Å². The molecule has 2 aromatic rings. The predicted octanol–water partition coefficient (Wildman–Crippen LogP) is 0.961. The Morgan fingerprint density at radius 3 is 2.76 bits per heavy atom. The Balaban J connectivity index is 1.97. The van der Waals surface area contributed by atoms with Gasteiger partial charge in [-0.2, -0.15) is 0 Å². The molecule has 2 heterocycles. The number of aryl methyl sites for hydroxylation is 1. The molecule has 6 heteroatoms. The molecule has 0 aliphatic rings. The Bertz CT molecular complexity index is 482. The zero-order valence-corrected chi connectivity index (χ0v) is 9.71. The highest BCUT2D eigenvalue weighted by molar-refractivity contribution is 5.80. The van der Waals surface area contributed by atoms with E-state index in [-0.39, 0.29) is 6.61 Å². The summed E-state index contributed by atoms with van der Waals surface area (Å²) >= 11 is 0. The number of nitrogens with two attached hydrogens (primary N) is 1. The summed E-state index contributed by atoms with van der Waals surface area (Å²) in [5.41, 5.74) is 7.17. The lowest BCUT2D eigenvalue weighted by atomic mass is 10.2. The average molecular weight is 235 g/mol. The molecule has 0 atom stereocenters. The van der Waals surface area contributed by atoms with E-state index in [4.69, 9.17) is 10.8 Å². The average Bonchev–Trinajstić information content (AvgIpc) is 2.74. The summed E-state index contributed by atoms with van der Waals surface area (Å²) < 4.78 is 1.99. The molecule has 0 unspecified atom stereocenters. The minimum absolute atomic E-state index is 0.276. The maximum Gasteiger partial charge on any atom is 0.165 e. The first-order valence-corrected chi connectivity index (χ1v) is 5.85. The molecular formula is C11H17N5O. The second-order valence-corrected chi connectivity index (χ2v) is 4.01. The number of aromatic nitrogens is 4. The summed E-state index contributed by atoms with van der Waals surface area (Å²) in [6.07, 6.45) is 7.29. The van der Waals surface area contributed by atoms with Crippen LogP contribution in [0.2, 0.25) is 0 Å². The summed E-state index contributed by atoms with van der Waals surface area (Å²) in [6.45, 7) is 1.15. The normalized spacial score (nSPS) is 11.1. The van der Waals surface area contributed by atoms with Crippen molar-refractivity contribution in [1.82, 2.24) is 19.5 Å². The number of anilines is 1. The Labute approximate surface area is 99.5 Å². The van der Waals surface area contributed by atoms with E-state index in [9.17, 15) is 0 Å². The molecule has 0 bridgehead atoms. The predicted molar refractivity (Wildman–Crippen MR) is 65.3 cm³/mol. The molecule has 0 amide bonds. The van der Waals surface area contributed by atoms with Crippen LogP contribution in [0.15, 0.2) is 12.7 Å². The maximum absolute atomic E-state index is 8.68. The largest absolute Gasteiger partial charge is 0.396 e. The molecule has 0 aromatic carbocycles. The third-order valence-corrected chi connectivity index (χ3v) is 2.74. The van der Waals surface area contributed by atoms with Crippen molar-refractivity contribution in [3.63, 3.8) is 0 Å². The molecule has 0 saturated carbocycles. The van der Waals surface area contributed by atoms with Crippen LogP contribution in [0.25, 0.3) is 11.2 Å². The molecule has 0 aliphatic carbocycles. The number of hydrogen-bond acceptors (Lipinski definition) is 5. The van der Waals surface area contributed by atoms with Crippen molar-refractivity contribution in [2.24, 2.45) is 0 Å². The van der Waals surface area contributed by atoms with Crippen LogP contribution in [0.1, 0.15) is 25.7 Å². The molecule has 0 fully saturated rings. The Morgan fingerprint density at radius 1 is 1.12 bits per heavy atom. The highest BCUT2D eigenvalue weighted by atomic mass is 16.2. The highest BCUT2D eigenvalue weighted by Gasteiger charge is 2.06. The third-order valence-electron chi connectivity index (χ3n) is 2.74. The fraction of sp³-hybridized carbons (Fsp3) is 0.545. The smallest absolute Gasteiger partial charge is 0.165 e. The van der Waals surface area contributed by atoms with Gasteiger partial charge in [0, 0.05) is 13.2 Å². The number of nitrogen functional groups attached to an aromatic ring is 1. The molecule has 6 nitrogen and oxygen atoms in total. The number of hydrogen-bond donors (Lipinski definition) is 2. The molecular weight excluding hydrogens is 218 g/mol. The minimum atomic E-state index is 0.276. The van der Waals surface area contributed by atoms with Crippen molar-refractivity contribution in [2.45, 2.75) is 32.2 Å². The SMILES string of the molecule is Nc1ncnc2c1ncn2CCCCCCO. The van der Waals surface area contributed by atoms with Crippen LogP contribution in [0.5, 0.6) is 0 Å². The van der Waals surface area contributed by atoms with Crippen LogP contribution in [-0.4, -0.2) is 31.2 Å². The van der Waals surface area contributed by atoms with Crippen molar-refractivity contribution in [3.05, 3.63) is 12.7 Å². The van der Waals surface area contributed by atoms with Crippen LogP contribution >= 0.6 is 0 Å². The zero-order chi connectivity index (χ0) is 12.1. The second-order valence-electron chi connectivity index (χ2n) is 4.01. The molecule has 2 aromatic heterocycles. The zero-order valence-electron chi connectivity index (χ0n) is 9.71. The number of rotatable bonds is 6. The molecule has 92 valence electrons. The van der Waals surface area contributed by atoms with Gasteiger partial charge in [-0.1, -0.05) is 12.8 Å². The number of imidazole rings is 1. The molecule has 0 radical (unpaired) electrons. The molecule has 0 aliphatic heterocycles. The van der Waals surface area contributed by atoms with Crippen molar-refractivity contribution in [3.8, 4) is 0 Å². The van der Waals surface area contributed by atoms with Gasteiger partial charge in [0.1, 0.15) is 11.8 Å². The second kappa shape index (κ2) is 5.58. The number of nitrogens with zero attached hydrogens (tertiary/aromatic N) is 4. The molecule has 0 saturated heterocycles. The Kier molecular flexibility index (Phi) is 3.87. The van der Waals surface area contributed by atoms with E-state index < -0.39 is 0 Å². The highest BCUT2D eigenvalue weighted by Crippen LogP contribution is 2.14. The van der Waals surface area contributed by atoms with E-state index in [0.29, 0.717) is 11.3 Å². The molecule has 3 N–H and O–H groups in total. The van der Waals surface area contributed by atoms with Gasteiger partial charge < -0.3 is 15.4 Å². The van der Waals surface area contributed by atoms with Crippen LogP contribution in [0.4, 0.5) is 5.82 Å². The standard InChI is InChI=1S/C11H17N5O/c12-10-9-11(14-7-13-10)16(8-15-9)5-3-1-2-4-6-17/h7-8,17H,1-6H2,(H2,12,13,14). The van der Waals surface area contributed by atoms with Crippen molar-refractivity contribution >= 4 is 17.0 Å². The topological polar surface area (TPSA) is 89.9 Å². The van der Waals surface area contributed by atoms with Crippen LogP contribution in [0, 0.1) is 0 Å². The van der Waals surface area contributed by atoms with Crippen LogP contribution in [0.3, 0.4) is 0 Å². The molecule has 0 spiro atoms. The van der Waals surface area contributed by atoms with E-state index in [2.05, 4.69) is 15.0 Å². The van der Waals surface area contributed by atoms with Crippen molar-refractivity contribution in [1.29, 1.82) is 0 Å². The number of aliphatic hydroxyl groups is 1. The summed E-state index contributed by atoms with van der Waals surface area (Å²) in [4.78, 5) is 12.3. The Morgan fingerprint density at radius 2 is 1.94 bits per heavy atom. The quantitative estimate of drug-likeness (QED) is 0.728. The van der Waals surface area contributed by atoms with Gasteiger partial charge in [0.15, 0.2) is 11.5 Å². The monoisotopic (exact) mass is 235 g/mol. The Hall–Kier alpha value is -1.69. The van der Waals surface area contributed by atoms with E-state index in [1.807, 2.05) is 4.57 Å². The van der Waals surface area contributed by atoms with Gasteiger partial charge in [-0.15, -0.1) is 0 Å². The first-order chi connectivity index (χ1) is 8.33. The van der Waals surface area contributed by atoms with E-state index in [1.165, 1.54) is 6.33 Å². The van der Waals surface area contributed by atoms with Crippen molar-refractivity contribution < 1.29 is 5.11 Å².